The third-order valence-corrected chi connectivity index (χ3v) is 4.14. The van der Waals surface area contributed by atoms with Gasteiger partial charge in [0.25, 0.3) is 5.69 Å². The van der Waals surface area contributed by atoms with E-state index < -0.39 is 4.92 Å². The molecule has 0 aromatic heterocycles. The molecule has 1 aromatic carbocycles. The molecular weight excluding hydrogens is 300 g/mol. The van der Waals surface area contributed by atoms with Gasteiger partial charge in [0.2, 0.25) is 0 Å². The van der Waals surface area contributed by atoms with E-state index in [0.29, 0.717) is 31.9 Å². The first-order valence-electron chi connectivity index (χ1n) is 7.50. The average molecular weight is 322 g/mol. The van der Waals surface area contributed by atoms with Gasteiger partial charge in [-0.3, -0.25) is 15.0 Å². The number of hydrogen-bond acceptors (Lipinski definition) is 5. The van der Waals surface area contributed by atoms with Gasteiger partial charge >= 0.3 is 6.03 Å². The first kappa shape index (κ1) is 17.2. The number of urea groups is 1. The van der Waals surface area contributed by atoms with Crippen molar-refractivity contribution < 1.29 is 14.8 Å². The lowest BCUT2D eigenvalue weighted by Crippen LogP contribution is -2.57. The summed E-state index contributed by atoms with van der Waals surface area (Å²) < 4.78 is 0. The van der Waals surface area contributed by atoms with Crippen molar-refractivity contribution in [3.8, 4) is 0 Å². The highest BCUT2D eigenvalue weighted by Gasteiger charge is 2.30. The second kappa shape index (κ2) is 6.93. The summed E-state index contributed by atoms with van der Waals surface area (Å²) in [6, 6.07) is 5.53. The molecule has 0 unspecified atom stereocenters. The van der Waals surface area contributed by atoms with Gasteiger partial charge < -0.3 is 15.3 Å². The molecule has 1 aliphatic rings. The Hall–Kier alpha value is -2.19. The number of amides is 2. The van der Waals surface area contributed by atoms with Crippen LogP contribution in [0.3, 0.4) is 0 Å². The summed E-state index contributed by atoms with van der Waals surface area (Å²) in [5.41, 5.74) is 0.225. The number of carbonyl (C=O) groups is 1. The molecule has 1 heterocycles. The first-order chi connectivity index (χ1) is 10.8. The van der Waals surface area contributed by atoms with Crippen molar-refractivity contribution in [2.75, 3.05) is 38.1 Å². The summed E-state index contributed by atoms with van der Waals surface area (Å²) >= 11 is 0. The van der Waals surface area contributed by atoms with Crippen molar-refractivity contribution in [2.24, 2.45) is 0 Å². The third kappa shape index (κ3) is 4.17. The smallest absolute Gasteiger partial charge is 0.321 e. The van der Waals surface area contributed by atoms with E-state index in [0.717, 1.165) is 0 Å². The maximum absolute atomic E-state index is 12.2. The number of nitro groups is 1. The van der Waals surface area contributed by atoms with Crippen molar-refractivity contribution in [2.45, 2.75) is 19.4 Å². The number of nitro benzene ring substituents is 1. The number of nitrogens with one attached hydrogen (secondary N) is 1. The Labute approximate surface area is 134 Å². The van der Waals surface area contributed by atoms with Crippen LogP contribution in [0.5, 0.6) is 0 Å². The van der Waals surface area contributed by atoms with Crippen LogP contribution in [0.15, 0.2) is 24.3 Å². The van der Waals surface area contributed by atoms with Crippen molar-refractivity contribution >= 4 is 17.4 Å². The Morgan fingerprint density at radius 3 is 2.30 bits per heavy atom. The molecule has 0 saturated carbocycles. The lowest BCUT2D eigenvalue weighted by Gasteiger charge is -2.43. The SMILES string of the molecule is CC(C)(CO)N1CCN(C(=O)Nc2ccc([N+](=O)[O-])cc2)CC1. The fourth-order valence-corrected chi connectivity index (χ4v) is 2.48. The van der Waals surface area contributed by atoms with E-state index >= 15 is 0 Å². The molecule has 2 rings (SSSR count). The van der Waals surface area contributed by atoms with Crippen molar-refractivity contribution in [3.05, 3.63) is 34.4 Å². The number of carbonyl (C=O) groups excluding carboxylic acids is 1. The van der Waals surface area contributed by atoms with E-state index in [2.05, 4.69) is 10.2 Å². The number of nitrogens with zero attached hydrogens (tertiary/aromatic N) is 3. The third-order valence-electron chi connectivity index (χ3n) is 4.14. The summed E-state index contributed by atoms with van der Waals surface area (Å²) in [6.45, 7) is 6.55. The summed E-state index contributed by atoms with van der Waals surface area (Å²) in [7, 11) is 0. The molecule has 8 heteroatoms. The Kier molecular flexibility index (Phi) is 5.17. The Morgan fingerprint density at radius 1 is 1.26 bits per heavy atom. The van der Waals surface area contributed by atoms with E-state index in [9.17, 15) is 20.0 Å². The Bertz CT molecular complexity index is 565. The van der Waals surface area contributed by atoms with Gasteiger partial charge in [0.1, 0.15) is 0 Å². The summed E-state index contributed by atoms with van der Waals surface area (Å²) in [5.74, 6) is 0. The van der Waals surface area contributed by atoms with E-state index in [1.54, 1.807) is 4.90 Å². The number of anilines is 1. The standard InChI is InChI=1S/C15H22N4O4/c1-15(2,11-20)18-9-7-17(8-10-18)14(21)16-12-3-5-13(6-4-12)19(22)23/h3-6,20H,7-11H2,1-2H3,(H,16,21). The fraction of sp³-hybridized carbons (Fsp3) is 0.533. The van der Waals surface area contributed by atoms with Gasteiger partial charge in [-0.25, -0.2) is 4.79 Å². The minimum Gasteiger partial charge on any atom is -0.394 e. The molecule has 8 nitrogen and oxygen atoms in total. The van der Waals surface area contributed by atoms with Crippen LogP contribution in [0.25, 0.3) is 0 Å². The normalized spacial score (nSPS) is 16.2. The van der Waals surface area contributed by atoms with E-state index in [1.165, 1.54) is 24.3 Å². The maximum atomic E-state index is 12.2. The van der Waals surface area contributed by atoms with Gasteiger partial charge in [0, 0.05) is 49.5 Å². The summed E-state index contributed by atoms with van der Waals surface area (Å²) in [4.78, 5) is 26.2. The highest BCUT2D eigenvalue weighted by atomic mass is 16.6. The zero-order valence-electron chi connectivity index (χ0n) is 13.4. The van der Waals surface area contributed by atoms with Crippen LogP contribution in [0, 0.1) is 10.1 Å². The van der Waals surface area contributed by atoms with Crippen molar-refractivity contribution in [1.82, 2.24) is 9.80 Å². The topological polar surface area (TPSA) is 99.0 Å². The minimum atomic E-state index is -0.478. The van der Waals surface area contributed by atoms with Gasteiger partial charge in [-0.05, 0) is 26.0 Å². The molecule has 2 amide bonds. The number of non-ortho nitro benzene ring substituents is 1. The van der Waals surface area contributed by atoms with Crippen molar-refractivity contribution in [1.29, 1.82) is 0 Å². The lowest BCUT2D eigenvalue weighted by atomic mass is 10.0. The van der Waals surface area contributed by atoms with Gasteiger partial charge in [0.05, 0.1) is 11.5 Å². The lowest BCUT2D eigenvalue weighted by molar-refractivity contribution is -0.384. The highest BCUT2D eigenvalue weighted by Crippen LogP contribution is 2.18. The quantitative estimate of drug-likeness (QED) is 0.647. The number of rotatable bonds is 4. The summed E-state index contributed by atoms with van der Waals surface area (Å²) in [6.07, 6.45) is 0. The molecular formula is C15H22N4O4. The second-order valence-electron chi connectivity index (χ2n) is 6.18. The van der Waals surface area contributed by atoms with Crippen LogP contribution in [0.2, 0.25) is 0 Å². The molecule has 1 aromatic rings. The predicted molar refractivity (Wildman–Crippen MR) is 86.4 cm³/mol. The average Bonchev–Trinajstić information content (AvgIpc) is 2.55. The number of aliphatic hydroxyl groups excluding tert-OH is 1. The number of aliphatic hydroxyl groups is 1. The molecule has 0 atom stereocenters. The monoisotopic (exact) mass is 322 g/mol. The second-order valence-corrected chi connectivity index (χ2v) is 6.18. The zero-order valence-corrected chi connectivity index (χ0v) is 13.4. The molecule has 126 valence electrons. The van der Waals surface area contributed by atoms with E-state index in [-0.39, 0.29) is 23.9 Å². The van der Waals surface area contributed by atoms with Gasteiger partial charge in [-0.1, -0.05) is 0 Å². The van der Waals surface area contributed by atoms with E-state index in [4.69, 9.17) is 0 Å². The highest BCUT2D eigenvalue weighted by molar-refractivity contribution is 5.89. The molecule has 0 bridgehead atoms. The zero-order chi connectivity index (χ0) is 17.0. The molecule has 1 aliphatic heterocycles. The number of hydrogen-bond donors (Lipinski definition) is 2. The molecule has 23 heavy (non-hydrogen) atoms. The van der Waals surface area contributed by atoms with E-state index in [1.807, 2.05) is 13.8 Å². The van der Waals surface area contributed by atoms with Gasteiger partial charge in [-0.15, -0.1) is 0 Å². The Balaban J connectivity index is 1.89. The van der Waals surface area contributed by atoms with Crippen LogP contribution < -0.4 is 5.32 Å². The molecule has 1 saturated heterocycles. The molecule has 0 radical (unpaired) electrons. The Morgan fingerprint density at radius 2 is 1.83 bits per heavy atom. The number of piperazine rings is 1. The molecule has 1 fully saturated rings. The molecule has 2 N–H and O–H groups in total. The fourth-order valence-electron chi connectivity index (χ4n) is 2.48. The van der Waals surface area contributed by atoms with Crippen LogP contribution in [-0.4, -0.2) is 64.2 Å². The largest absolute Gasteiger partial charge is 0.394 e. The van der Waals surface area contributed by atoms with Crippen molar-refractivity contribution in [3.63, 3.8) is 0 Å². The van der Waals surface area contributed by atoms with Crippen LogP contribution in [-0.2, 0) is 0 Å². The first-order valence-corrected chi connectivity index (χ1v) is 7.50. The van der Waals surface area contributed by atoms with Crippen LogP contribution in [0.4, 0.5) is 16.2 Å². The molecule has 0 spiro atoms. The van der Waals surface area contributed by atoms with Crippen LogP contribution in [0.1, 0.15) is 13.8 Å². The van der Waals surface area contributed by atoms with Gasteiger partial charge in [0.15, 0.2) is 0 Å². The number of benzene rings is 1. The maximum Gasteiger partial charge on any atom is 0.321 e. The van der Waals surface area contributed by atoms with Crippen LogP contribution >= 0.6 is 0 Å². The minimum absolute atomic E-state index is 0.0113. The van der Waals surface area contributed by atoms with Gasteiger partial charge in [-0.2, -0.15) is 0 Å². The summed E-state index contributed by atoms with van der Waals surface area (Å²) in [5, 5.41) is 22.7. The predicted octanol–water partition coefficient (Wildman–Crippen LogP) is 1.52. The molecule has 0 aliphatic carbocycles.